The molecule has 0 amide bonds. The highest BCUT2D eigenvalue weighted by Gasteiger charge is 2.09. The lowest BCUT2D eigenvalue weighted by Gasteiger charge is -2.07. The lowest BCUT2D eigenvalue weighted by Crippen LogP contribution is -2.01. The molecule has 0 saturated carbocycles. The maximum absolute atomic E-state index is 11.1. The van der Waals surface area contributed by atoms with Crippen LogP contribution in [0.1, 0.15) is 6.92 Å². The van der Waals surface area contributed by atoms with Crippen LogP contribution in [0.15, 0.2) is 42.6 Å². The Hall–Kier alpha value is -2.29. The van der Waals surface area contributed by atoms with Crippen molar-refractivity contribution in [2.45, 2.75) is 6.92 Å². The number of hydrogen-bond donors (Lipinski definition) is 1. The summed E-state index contributed by atoms with van der Waals surface area (Å²) in [6.45, 7) is 1.41. The number of fused-ring (bicyclic) bond motifs is 3. The largest absolute Gasteiger partial charge is 0.426 e. The Morgan fingerprint density at radius 1 is 1.12 bits per heavy atom. The van der Waals surface area contributed by atoms with E-state index in [2.05, 4.69) is 4.98 Å². The predicted molar refractivity (Wildman–Crippen MR) is 67.1 cm³/mol. The fourth-order valence-corrected chi connectivity index (χ4v) is 2.12. The Morgan fingerprint density at radius 2 is 1.88 bits per heavy atom. The minimum Gasteiger partial charge on any atom is -0.426 e. The van der Waals surface area contributed by atoms with Crippen LogP contribution < -0.4 is 4.74 Å². The number of hydrogen-bond acceptors (Lipinski definition) is 2. The Labute approximate surface area is 98.0 Å². The van der Waals surface area contributed by atoms with Gasteiger partial charge in [0.05, 0.1) is 0 Å². The van der Waals surface area contributed by atoms with Gasteiger partial charge in [0.25, 0.3) is 0 Å². The first-order valence-corrected chi connectivity index (χ1v) is 5.43. The number of carbonyl (C=O) groups is 1. The third kappa shape index (κ3) is 1.56. The second-order valence-corrected chi connectivity index (χ2v) is 3.95. The highest BCUT2D eigenvalue weighted by atomic mass is 16.5. The molecule has 0 atom stereocenters. The quantitative estimate of drug-likeness (QED) is 0.510. The van der Waals surface area contributed by atoms with Gasteiger partial charge < -0.3 is 9.72 Å². The molecular formula is C14H11NO2. The standard InChI is InChI=1S/C14H11NO2/c1-9(16)17-14-8-13-11(6-7-15-13)10-4-2-3-5-12(10)14/h2-8,15H,1H3. The molecular weight excluding hydrogens is 214 g/mol. The summed E-state index contributed by atoms with van der Waals surface area (Å²) in [4.78, 5) is 14.2. The van der Waals surface area contributed by atoms with E-state index in [1.54, 1.807) is 0 Å². The maximum atomic E-state index is 11.1. The number of esters is 1. The van der Waals surface area contributed by atoms with E-state index in [-0.39, 0.29) is 5.97 Å². The second kappa shape index (κ2) is 3.63. The number of rotatable bonds is 1. The van der Waals surface area contributed by atoms with E-state index < -0.39 is 0 Å². The lowest BCUT2D eigenvalue weighted by molar-refractivity contribution is -0.131. The predicted octanol–water partition coefficient (Wildman–Crippen LogP) is 3.25. The molecule has 0 spiro atoms. The van der Waals surface area contributed by atoms with Gasteiger partial charge in [0, 0.05) is 35.5 Å². The molecule has 0 aliphatic carbocycles. The van der Waals surface area contributed by atoms with Crippen LogP contribution in [0.5, 0.6) is 5.75 Å². The summed E-state index contributed by atoms with van der Waals surface area (Å²) in [6.07, 6.45) is 1.88. The van der Waals surface area contributed by atoms with Crippen molar-refractivity contribution >= 4 is 27.6 Å². The molecule has 1 heterocycles. The first-order chi connectivity index (χ1) is 8.25. The Balaban J connectivity index is 2.41. The van der Waals surface area contributed by atoms with Gasteiger partial charge in [-0.05, 0) is 11.5 Å². The van der Waals surface area contributed by atoms with Gasteiger partial charge in [0.15, 0.2) is 0 Å². The fraction of sp³-hybridized carbons (Fsp3) is 0.0714. The fourth-order valence-electron chi connectivity index (χ4n) is 2.12. The van der Waals surface area contributed by atoms with Crippen LogP contribution in [-0.4, -0.2) is 11.0 Å². The number of aromatic nitrogens is 1. The van der Waals surface area contributed by atoms with Crippen LogP contribution in [-0.2, 0) is 4.79 Å². The van der Waals surface area contributed by atoms with Crippen molar-refractivity contribution in [2.24, 2.45) is 0 Å². The zero-order valence-electron chi connectivity index (χ0n) is 9.36. The van der Waals surface area contributed by atoms with Crippen molar-refractivity contribution in [3.05, 3.63) is 42.6 Å². The van der Waals surface area contributed by atoms with Crippen LogP contribution in [0.25, 0.3) is 21.7 Å². The van der Waals surface area contributed by atoms with Gasteiger partial charge in [-0.2, -0.15) is 0 Å². The smallest absolute Gasteiger partial charge is 0.308 e. The number of nitrogens with one attached hydrogen (secondary N) is 1. The van der Waals surface area contributed by atoms with Crippen molar-refractivity contribution in [3.8, 4) is 5.75 Å². The first-order valence-electron chi connectivity index (χ1n) is 5.43. The number of aromatic amines is 1. The topological polar surface area (TPSA) is 42.1 Å². The third-order valence-electron chi connectivity index (χ3n) is 2.79. The molecule has 0 aliphatic rings. The van der Waals surface area contributed by atoms with Crippen LogP contribution in [0.4, 0.5) is 0 Å². The van der Waals surface area contributed by atoms with Gasteiger partial charge in [-0.1, -0.05) is 24.3 Å². The number of H-pyrrole nitrogens is 1. The molecule has 0 saturated heterocycles. The average molecular weight is 225 g/mol. The molecule has 1 aromatic heterocycles. The molecule has 0 bridgehead atoms. The average Bonchev–Trinajstić information content (AvgIpc) is 2.77. The van der Waals surface area contributed by atoms with Gasteiger partial charge in [-0.25, -0.2) is 0 Å². The lowest BCUT2D eigenvalue weighted by atomic mass is 10.1. The maximum Gasteiger partial charge on any atom is 0.308 e. The monoisotopic (exact) mass is 225 g/mol. The summed E-state index contributed by atoms with van der Waals surface area (Å²) >= 11 is 0. The van der Waals surface area contributed by atoms with E-state index in [1.807, 2.05) is 42.6 Å². The van der Waals surface area contributed by atoms with Gasteiger partial charge in [-0.15, -0.1) is 0 Å². The molecule has 1 N–H and O–H groups in total. The highest BCUT2D eigenvalue weighted by Crippen LogP contribution is 2.32. The van der Waals surface area contributed by atoms with Crippen molar-refractivity contribution < 1.29 is 9.53 Å². The summed E-state index contributed by atoms with van der Waals surface area (Å²) in [5.41, 5.74) is 0.972. The Morgan fingerprint density at radius 3 is 2.65 bits per heavy atom. The van der Waals surface area contributed by atoms with E-state index in [0.717, 1.165) is 21.7 Å². The molecule has 0 radical (unpaired) electrons. The van der Waals surface area contributed by atoms with E-state index in [1.165, 1.54) is 6.92 Å². The minimum atomic E-state index is -0.305. The summed E-state index contributed by atoms with van der Waals surface area (Å²) in [5.74, 6) is 0.295. The van der Waals surface area contributed by atoms with Crippen LogP contribution in [0.2, 0.25) is 0 Å². The highest BCUT2D eigenvalue weighted by molar-refractivity contribution is 6.09. The van der Waals surface area contributed by atoms with Crippen LogP contribution in [0.3, 0.4) is 0 Å². The molecule has 0 aliphatic heterocycles. The molecule has 3 aromatic rings. The van der Waals surface area contributed by atoms with Crippen molar-refractivity contribution in [2.75, 3.05) is 0 Å². The number of ether oxygens (including phenoxy) is 1. The normalized spacial score (nSPS) is 10.9. The molecule has 84 valence electrons. The van der Waals surface area contributed by atoms with E-state index in [9.17, 15) is 4.79 Å². The summed E-state index contributed by atoms with van der Waals surface area (Å²) in [5, 5.41) is 3.17. The number of benzene rings is 2. The molecule has 0 fully saturated rings. The Kier molecular flexibility index (Phi) is 2.11. The molecule has 3 nitrogen and oxygen atoms in total. The third-order valence-corrected chi connectivity index (χ3v) is 2.79. The first kappa shape index (κ1) is 9.90. The molecule has 3 heteroatoms. The van der Waals surface area contributed by atoms with E-state index >= 15 is 0 Å². The van der Waals surface area contributed by atoms with Gasteiger partial charge in [0.2, 0.25) is 0 Å². The molecule has 3 rings (SSSR count). The van der Waals surface area contributed by atoms with Gasteiger partial charge in [0.1, 0.15) is 5.75 Å². The zero-order chi connectivity index (χ0) is 11.8. The Bertz CT molecular complexity index is 712. The SMILES string of the molecule is CC(=O)Oc1cc2[nH]ccc2c2ccccc12. The van der Waals surface area contributed by atoms with Crippen molar-refractivity contribution in [3.63, 3.8) is 0 Å². The summed E-state index contributed by atoms with van der Waals surface area (Å²) in [6, 6.07) is 11.8. The minimum absolute atomic E-state index is 0.305. The molecule has 17 heavy (non-hydrogen) atoms. The summed E-state index contributed by atoms with van der Waals surface area (Å²) in [7, 11) is 0. The van der Waals surface area contributed by atoms with Crippen molar-refractivity contribution in [1.29, 1.82) is 0 Å². The summed E-state index contributed by atoms with van der Waals surface area (Å²) < 4.78 is 5.25. The molecule has 2 aromatic carbocycles. The van der Waals surface area contributed by atoms with Crippen LogP contribution in [0, 0.1) is 0 Å². The second-order valence-electron chi connectivity index (χ2n) is 3.95. The van der Waals surface area contributed by atoms with Crippen LogP contribution >= 0.6 is 0 Å². The van der Waals surface area contributed by atoms with Gasteiger partial charge >= 0.3 is 5.97 Å². The molecule has 0 unspecified atom stereocenters. The van der Waals surface area contributed by atoms with Crippen molar-refractivity contribution in [1.82, 2.24) is 4.98 Å². The zero-order valence-corrected chi connectivity index (χ0v) is 9.36. The van der Waals surface area contributed by atoms with E-state index in [0.29, 0.717) is 5.75 Å². The van der Waals surface area contributed by atoms with E-state index in [4.69, 9.17) is 4.74 Å². The van der Waals surface area contributed by atoms with Gasteiger partial charge in [-0.3, -0.25) is 4.79 Å². The number of carbonyl (C=O) groups excluding carboxylic acids is 1.